The van der Waals surface area contributed by atoms with E-state index in [1.54, 1.807) is 24.1 Å². The lowest BCUT2D eigenvalue weighted by Gasteiger charge is -2.06. The van der Waals surface area contributed by atoms with Gasteiger partial charge in [0.15, 0.2) is 5.82 Å². The Morgan fingerprint density at radius 3 is 2.89 bits per heavy atom. The maximum Gasteiger partial charge on any atom is 0.224 e. The Kier molecular flexibility index (Phi) is 2.60. The molecule has 3 aromatic rings. The highest BCUT2D eigenvalue weighted by molar-refractivity contribution is 6.32. The van der Waals surface area contributed by atoms with E-state index in [0.717, 1.165) is 10.9 Å². The van der Waals surface area contributed by atoms with Crippen molar-refractivity contribution < 1.29 is 0 Å². The number of halogens is 1. The lowest BCUT2D eigenvalue weighted by atomic mass is 10.2. The minimum absolute atomic E-state index is 0.461. The normalized spacial score (nSPS) is 10.8. The van der Waals surface area contributed by atoms with Crippen LogP contribution in [0.25, 0.3) is 16.7 Å². The van der Waals surface area contributed by atoms with Crippen LogP contribution in [0.15, 0.2) is 36.7 Å². The van der Waals surface area contributed by atoms with E-state index in [4.69, 9.17) is 11.6 Å². The Balaban J connectivity index is 2.25. The molecular weight excluding hydrogens is 250 g/mol. The van der Waals surface area contributed by atoms with E-state index in [1.165, 1.54) is 0 Å². The maximum absolute atomic E-state index is 6.13. The van der Waals surface area contributed by atoms with Crippen LogP contribution in [0.3, 0.4) is 0 Å². The van der Waals surface area contributed by atoms with Gasteiger partial charge < -0.3 is 5.32 Å². The van der Waals surface area contributed by atoms with Crippen molar-refractivity contribution in [1.29, 1.82) is 0 Å². The zero-order valence-electron chi connectivity index (χ0n) is 9.63. The van der Waals surface area contributed by atoms with Crippen LogP contribution in [0.5, 0.6) is 0 Å². The first-order chi connectivity index (χ1) is 8.79. The quantitative estimate of drug-likeness (QED) is 0.768. The summed E-state index contributed by atoms with van der Waals surface area (Å²) in [6.45, 7) is 0. The van der Waals surface area contributed by atoms with Crippen molar-refractivity contribution in [2.45, 2.75) is 0 Å². The number of aromatic nitrogens is 4. The summed E-state index contributed by atoms with van der Waals surface area (Å²) in [5.74, 6) is 1.08. The van der Waals surface area contributed by atoms with E-state index in [1.807, 2.05) is 24.3 Å². The molecule has 0 aliphatic carbocycles. The lowest BCUT2D eigenvalue weighted by Crippen LogP contribution is -2.04. The summed E-state index contributed by atoms with van der Waals surface area (Å²) in [5.41, 5.74) is 0.958. The average Bonchev–Trinajstić information content (AvgIpc) is 2.83. The first-order valence-corrected chi connectivity index (χ1v) is 5.81. The molecule has 0 saturated heterocycles. The molecule has 5 nitrogen and oxygen atoms in total. The number of anilines is 1. The van der Waals surface area contributed by atoms with Gasteiger partial charge in [0, 0.05) is 12.4 Å². The van der Waals surface area contributed by atoms with Crippen LogP contribution in [-0.2, 0) is 0 Å². The molecule has 0 spiro atoms. The molecule has 0 aliphatic rings. The lowest BCUT2D eigenvalue weighted by molar-refractivity contribution is 0.868. The van der Waals surface area contributed by atoms with Gasteiger partial charge in [-0.3, -0.25) is 0 Å². The average molecular weight is 260 g/mol. The fourth-order valence-corrected chi connectivity index (χ4v) is 1.94. The summed E-state index contributed by atoms with van der Waals surface area (Å²) in [5, 5.41) is 8.70. The fraction of sp³-hybridized carbons (Fsp3) is 0.0833. The molecule has 0 aliphatic heterocycles. The predicted octanol–water partition coefficient (Wildman–Crippen LogP) is 2.51. The van der Waals surface area contributed by atoms with Crippen molar-refractivity contribution in [2.75, 3.05) is 12.4 Å². The van der Waals surface area contributed by atoms with Gasteiger partial charge in [-0.25, -0.2) is 9.67 Å². The van der Waals surface area contributed by atoms with Crippen molar-refractivity contribution in [3.05, 3.63) is 41.7 Å². The van der Waals surface area contributed by atoms with Crippen molar-refractivity contribution in [3.8, 4) is 5.82 Å². The third kappa shape index (κ3) is 1.69. The van der Waals surface area contributed by atoms with E-state index in [-0.39, 0.29) is 0 Å². The molecule has 0 atom stereocenters. The van der Waals surface area contributed by atoms with Crippen LogP contribution in [0.4, 0.5) is 5.95 Å². The zero-order chi connectivity index (χ0) is 12.5. The number of rotatable bonds is 2. The number of nitrogens with zero attached hydrogens (tertiary/aromatic N) is 4. The second-order valence-electron chi connectivity index (χ2n) is 3.73. The Labute approximate surface area is 108 Å². The van der Waals surface area contributed by atoms with Crippen LogP contribution in [0.1, 0.15) is 0 Å². The van der Waals surface area contributed by atoms with Gasteiger partial charge >= 0.3 is 0 Å². The van der Waals surface area contributed by atoms with Gasteiger partial charge in [0.1, 0.15) is 5.02 Å². The van der Waals surface area contributed by atoms with Gasteiger partial charge in [-0.05, 0) is 6.07 Å². The SMILES string of the molecule is CNc1ncc(Cl)c(-n2ncc3ccccc32)n1. The van der Waals surface area contributed by atoms with E-state index < -0.39 is 0 Å². The van der Waals surface area contributed by atoms with Gasteiger partial charge in [0.05, 0.1) is 17.9 Å². The number of hydrogen-bond acceptors (Lipinski definition) is 4. The first-order valence-electron chi connectivity index (χ1n) is 5.43. The summed E-state index contributed by atoms with van der Waals surface area (Å²) >= 11 is 6.13. The molecule has 90 valence electrons. The highest BCUT2D eigenvalue weighted by Gasteiger charge is 2.10. The molecule has 2 aromatic heterocycles. The largest absolute Gasteiger partial charge is 0.357 e. The summed E-state index contributed by atoms with van der Waals surface area (Å²) in [4.78, 5) is 8.38. The van der Waals surface area contributed by atoms with Gasteiger partial charge in [-0.1, -0.05) is 29.8 Å². The van der Waals surface area contributed by atoms with Gasteiger partial charge in [0.2, 0.25) is 5.95 Å². The topological polar surface area (TPSA) is 55.6 Å². The van der Waals surface area contributed by atoms with Gasteiger partial charge in [0.25, 0.3) is 0 Å². The maximum atomic E-state index is 6.13. The Morgan fingerprint density at radius 1 is 1.22 bits per heavy atom. The molecule has 2 heterocycles. The minimum atomic E-state index is 0.461. The van der Waals surface area contributed by atoms with E-state index in [2.05, 4.69) is 20.4 Å². The molecule has 1 aromatic carbocycles. The van der Waals surface area contributed by atoms with Crippen molar-refractivity contribution in [1.82, 2.24) is 19.7 Å². The summed E-state index contributed by atoms with van der Waals surface area (Å²) in [6, 6.07) is 7.89. The van der Waals surface area contributed by atoms with Crippen LogP contribution in [0, 0.1) is 0 Å². The third-order valence-corrected chi connectivity index (χ3v) is 2.89. The minimum Gasteiger partial charge on any atom is -0.357 e. The number of para-hydroxylation sites is 1. The third-order valence-electron chi connectivity index (χ3n) is 2.63. The van der Waals surface area contributed by atoms with Crippen molar-refractivity contribution in [3.63, 3.8) is 0 Å². The monoisotopic (exact) mass is 259 g/mol. The standard InChI is InChI=1S/C12H10ClN5/c1-14-12-15-7-9(13)11(17-12)18-10-5-3-2-4-8(10)6-16-18/h2-7H,1H3,(H,14,15,17). The molecule has 0 fully saturated rings. The molecule has 6 heteroatoms. The first kappa shape index (κ1) is 11.0. The van der Waals surface area contributed by atoms with E-state index >= 15 is 0 Å². The molecule has 0 unspecified atom stereocenters. The molecule has 3 rings (SSSR count). The van der Waals surface area contributed by atoms with Crippen LogP contribution >= 0.6 is 11.6 Å². The van der Waals surface area contributed by atoms with Gasteiger partial charge in [-0.2, -0.15) is 10.1 Å². The molecule has 18 heavy (non-hydrogen) atoms. The van der Waals surface area contributed by atoms with Crippen molar-refractivity contribution in [2.24, 2.45) is 0 Å². The van der Waals surface area contributed by atoms with Crippen LogP contribution < -0.4 is 5.32 Å². The molecular formula is C12H10ClN5. The highest BCUT2D eigenvalue weighted by Crippen LogP contribution is 2.22. The summed E-state index contributed by atoms with van der Waals surface area (Å²) < 4.78 is 1.71. The fourth-order valence-electron chi connectivity index (χ4n) is 1.77. The molecule has 1 N–H and O–H groups in total. The predicted molar refractivity (Wildman–Crippen MR) is 71.2 cm³/mol. The molecule has 0 amide bonds. The van der Waals surface area contributed by atoms with Gasteiger partial charge in [-0.15, -0.1) is 0 Å². The molecule has 0 bridgehead atoms. The van der Waals surface area contributed by atoms with E-state index in [9.17, 15) is 0 Å². The zero-order valence-corrected chi connectivity index (χ0v) is 10.4. The smallest absolute Gasteiger partial charge is 0.224 e. The van der Waals surface area contributed by atoms with Crippen LogP contribution in [0.2, 0.25) is 5.02 Å². The van der Waals surface area contributed by atoms with E-state index in [0.29, 0.717) is 16.8 Å². The van der Waals surface area contributed by atoms with Crippen molar-refractivity contribution >= 4 is 28.5 Å². The summed E-state index contributed by atoms with van der Waals surface area (Å²) in [6.07, 6.45) is 3.35. The second kappa shape index (κ2) is 4.27. The number of hydrogen-bond donors (Lipinski definition) is 1. The summed E-state index contributed by atoms with van der Waals surface area (Å²) in [7, 11) is 1.76. The number of benzene rings is 1. The Morgan fingerprint density at radius 2 is 2.06 bits per heavy atom. The number of nitrogens with one attached hydrogen (secondary N) is 1. The second-order valence-corrected chi connectivity index (χ2v) is 4.14. The molecule has 0 saturated carbocycles. The Hall–Kier alpha value is -2.14. The van der Waals surface area contributed by atoms with Crippen LogP contribution in [-0.4, -0.2) is 26.8 Å². The molecule has 0 radical (unpaired) electrons. The number of fused-ring (bicyclic) bond motifs is 1. The Bertz CT molecular complexity index is 707. The highest BCUT2D eigenvalue weighted by atomic mass is 35.5.